The van der Waals surface area contributed by atoms with Crippen LogP contribution < -0.4 is 0 Å². The summed E-state index contributed by atoms with van der Waals surface area (Å²) in [6.07, 6.45) is 13.6. The van der Waals surface area contributed by atoms with Crippen LogP contribution in [0.1, 0.15) is 43.7 Å². The fourth-order valence-electron chi connectivity index (χ4n) is 2.99. The Morgan fingerprint density at radius 1 is 1.08 bits per heavy atom. The van der Waals surface area contributed by atoms with Gasteiger partial charge in [-0.05, 0) is 6.42 Å². The maximum Gasteiger partial charge on any atom is -0.0253 e. The third-order valence-corrected chi connectivity index (χ3v) is 4.18. The first-order chi connectivity index (χ1) is 12.3. The van der Waals surface area contributed by atoms with Crippen LogP contribution in [0.2, 0.25) is 0 Å². The summed E-state index contributed by atoms with van der Waals surface area (Å²) in [6, 6.07) is 18.1. The van der Waals surface area contributed by atoms with Crippen molar-refractivity contribution in [1.82, 2.24) is 0 Å². The summed E-state index contributed by atoms with van der Waals surface area (Å²) in [6.45, 7) is 2.22. The third kappa shape index (κ3) is 6.46. The summed E-state index contributed by atoms with van der Waals surface area (Å²) in [5, 5.41) is 0. The van der Waals surface area contributed by atoms with Crippen molar-refractivity contribution in [2.45, 2.75) is 39.0 Å². The summed E-state index contributed by atoms with van der Waals surface area (Å²) in [4.78, 5) is 0. The average molecular weight is 405 g/mol. The van der Waals surface area contributed by atoms with Gasteiger partial charge in [0, 0.05) is 0 Å². The summed E-state index contributed by atoms with van der Waals surface area (Å²) in [5.74, 6) is 0. The molecule has 2 aromatic rings. The fourth-order valence-corrected chi connectivity index (χ4v) is 2.99. The van der Waals surface area contributed by atoms with Crippen molar-refractivity contribution in [1.29, 1.82) is 0 Å². The zero-order chi connectivity index (χ0) is 17.9. The van der Waals surface area contributed by atoms with Gasteiger partial charge in [-0.25, -0.2) is 11.6 Å². The molecule has 0 nitrogen and oxygen atoms in total. The van der Waals surface area contributed by atoms with Crippen LogP contribution >= 0.6 is 18.6 Å². The Morgan fingerprint density at radius 3 is 2.56 bits per heavy atom. The second-order valence-corrected chi connectivity index (χ2v) is 8.46. The van der Waals surface area contributed by atoms with Crippen LogP contribution in [-0.2, 0) is 23.5 Å². The van der Waals surface area contributed by atoms with Crippen molar-refractivity contribution in [2.75, 3.05) is 0 Å². The number of fused-ring (bicyclic) bond motifs is 3. The molecule has 0 N–H and O–H groups in total. The molecule has 2 aliphatic rings. The van der Waals surface area contributed by atoms with Gasteiger partial charge in [0.2, 0.25) is 0 Å². The van der Waals surface area contributed by atoms with Gasteiger partial charge in [-0.1, -0.05) is 61.6 Å². The van der Waals surface area contributed by atoms with Crippen LogP contribution in [0.4, 0.5) is 0 Å². The number of allylic oxidation sites excluding steroid dienone is 4. The van der Waals surface area contributed by atoms with E-state index in [0.717, 1.165) is 12.8 Å². The number of benzene rings is 2. The Labute approximate surface area is 168 Å². The number of hydrogen-bond acceptors (Lipinski definition) is 0. The van der Waals surface area contributed by atoms with E-state index in [1.165, 1.54) is 47.1 Å². The summed E-state index contributed by atoms with van der Waals surface area (Å²) >= 11 is -0.556. The SMILES string of the molecule is CCCCC1=[C-]CC=C1.[Cl][Ti][Cl].[c-]1cccc2c1Cc1ccccc1-2. The zero-order valence-corrected chi connectivity index (χ0v) is 17.6. The Hall–Kier alpha value is -0.786. The van der Waals surface area contributed by atoms with Crippen molar-refractivity contribution in [3.63, 3.8) is 0 Å². The van der Waals surface area contributed by atoms with Gasteiger partial charge in [0.1, 0.15) is 0 Å². The van der Waals surface area contributed by atoms with Crippen molar-refractivity contribution in [3.8, 4) is 11.1 Å². The summed E-state index contributed by atoms with van der Waals surface area (Å²) < 4.78 is 0. The van der Waals surface area contributed by atoms with Crippen molar-refractivity contribution < 1.29 is 17.0 Å². The minimum absolute atomic E-state index is 0.556. The molecule has 0 radical (unpaired) electrons. The van der Waals surface area contributed by atoms with E-state index in [2.05, 4.69) is 67.6 Å². The Morgan fingerprint density at radius 2 is 1.84 bits per heavy atom. The zero-order valence-electron chi connectivity index (χ0n) is 14.5. The molecule has 0 amide bonds. The van der Waals surface area contributed by atoms with E-state index in [-0.39, 0.29) is 0 Å². The smallest absolute Gasteiger partial charge is 0.0253 e. The molecule has 0 atom stereocenters. The van der Waals surface area contributed by atoms with Gasteiger partial charge >= 0.3 is 35.6 Å². The molecule has 0 unspecified atom stereocenters. The molecule has 0 heterocycles. The molecule has 4 rings (SSSR count). The number of unbranched alkanes of at least 4 members (excludes halogenated alkanes) is 1. The molecule has 2 aliphatic carbocycles. The maximum atomic E-state index is 4.89. The Bertz CT molecular complexity index is 676. The van der Waals surface area contributed by atoms with E-state index in [0.29, 0.717) is 0 Å². The van der Waals surface area contributed by atoms with Gasteiger partial charge in [0.25, 0.3) is 0 Å². The van der Waals surface area contributed by atoms with Crippen LogP contribution in [0.3, 0.4) is 0 Å². The molecule has 0 saturated carbocycles. The molecule has 0 saturated heterocycles. The van der Waals surface area contributed by atoms with Crippen molar-refractivity contribution in [3.05, 3.63) is 83.5 Å². The van der Waals surface area contributed by atoms with Crippen molar-refractivity contribution in [2.24, 2.45) is 0 Å². The molecule has 3 heteroatoms. The van der Waals surface area contributed by atoms with E-state index in [9.17, 15) is 0 Å². The number of hydrogen-bond donors (Lipinski definition) is 0. The quantitative estimate of drug-likeness (QED) is 0.317. The topological polar surface area (TPSA) is 0 Å². The van der Waals surface area contributed by atoms with Crippen LogP contribution in [-0.4, -0.2) is 0 Å². The summed E-state index contributed by atoms with van der Waals surface area (Å²) in [7, 11) is 9.78. The van der Waals surface area contributed by atoms with E-state index >= 15 is 0 Å². The largest absolute Gasteiger partial charge is 0.179 e. The first kappa shape index (κ1) is 20.5. The minimum Gasteiger partial charge on any atom is -0.179 e. The van der Waals surface area contributed by atoms with Gasteiger partial charge < -0.3 is 0 Å². The maximum absolute atomic E-state index is 4.89. The predicted octanol–water partition coefficient (Wildman–Crippen LogP) is 7.30. The van der Waals surface area contributed by atoms with Gasteiger partial charge in [0.05, 0.1) is 0 Å². The van der Waals surface area contributed by atoms with Crippen LogP contribution in [0.15, 0.2) is 60.2 Å². The standard InChI is InChI=1S/C13H9.C9H13.2ClH.Ti/c1-3-7-12-10(5-1)9-11-6-2-4-8-13(11)12;1-2-3-6-9-7-4-5-8-9;;;/h1-5,7-8H,9H2;4,7H,2-3,5-6H2,1H3;2*1H;/q2*-1;;;+2/p-2. The second kappa shape index (κ2) is 11.8. The number of halogens is 2. The van der Waals surface area contributed by atoms with E-state index < -0.39 is 17.0 Å². The monoisotopic (exact) mass is 404 g/mol. The first-order valence-electron chi connectivity index (χ1n) is 8.60. The molecule has 0 spiro atoms. The molecule has 0 aliphatic heterocycles. The van der Waals surface area contributed by atoms with E-state index in [1.807, 2.05) is 6.07 Å². The number of rotatable bonds is 3. The summed E-state index contributed by atoms with van der Waals surface area (Å²) in [5.41, 5.74) is 6.92. The molecular weight excluding hydrogens is 383 g/mol. The first-order valence-corrected chi connectivity index (χ1v) is 12.9. The molecule has 25 heavy (non-hydrogen) atoms. The average Bonchev–Trinajstić information content (AvgIpc) is 3.28. The van der Waals surface area contributed by atoms with E-state index in [4.69, 9.17) is 18.6 Å². The Balaban J connectivity index is 0.000000165. The molecule has 2 aromatic carbocycles. The molecule has 130 valence electrons. The van der Waals surface area contributed by atoms with Crippen molar-refractivity contribution >= 4 is 18.6 Å². The van der Waals surface area contributed by atoms with Crippen LogP contribution in [0, 0.1) is 12.1 Å². The second-order valence-electron chi connectivity index (χ2n) is 5.88. The normalized spacial score (nSPS) is 12.8. The Kier molecular flexibility index (Phi) is 9.65. The van der Waals surface area contributed by atoms with E-state index in [1.54, 1.807) is 0 Å². The molecular formula is C22H22Cl2Ti-2. The van der Waals surface area contributed by atoms with Crippen LogP contribution in [0.5, 0.6) is 0 Å². The molecule has 0 aromatic heterocycles. The predicted molar refractivity (Wildman–Crippen MR) is 105 cm³/mol. The van der Waals surface area contributed by atoms with Gasteiger partial charge in [-0.2, -0.15) is 35.9 Å². The minimum atomic E-state index is -0.556. The van der Waals surface area contributed by atoms with Crippen LogP contribution in [0.25, 0.3) is 11.1 Å². The molecule has 0 fully saturated rings. The fraction of sp³-hybridized carbons (Fsp3) is 0.273. The third-order valence-electron chi connectivity index (χ3n) is 4.18. The van der Waals surface area contributed by atoms with Gasteiger partial charge in [-0.3, -0.25) is 6.08 Å². The van der Waals surface area contributed by atoms with Gasteiger partial charge in [-0.15, -0.1) is 12.0 Å². The molecule has 0 bridgehead atoms. The van der Waals surface area contributed by atoms with Gasteiger partial charge in [0.15, 0.2) is 0 Å².